The van der Waals surface area contributed by atoms with E-state index in [-0.39, 0.29) is 16.9 Å². The van der Waals surface area contributed by atoms with Crippen LogP contribution < -0.4 is 5.73 Å². The van der Waals surface area contributed by atoms with Crippen molar-refractivity contribution >= 4 is 17.3 Å². The first-order valence-electron chi connectivity index (χ1n) is 7.72. The third-order valence-electron chi connectivity index (χ3n) is 3.90. The lowest BCUT2D eigenvalue weighted by molar-refractivity contribution is 0.0698. The van der Waals surface area contributed by atoms with Gasteiger partial charge in [-0.15, -0.1) is 0 Å². The fraction of sp³-hybridized carbons (Fsp3) is 0.0500. The van der Waals surface area contributed by atoms with E-state index in [1.165, 1.54) is 7.05 Å². The Morgan fingerprint density at radius 3 is 2.00 bits per heavy atom. The van der Waals surface area contributed by atoms with E-state index in [2.05, 4.69) is 10.2 Å². The molecule has 0 aliphatic rings. The number of aromatic carboxylic acids is 1. The molecule has 0 amide bonds. The summed E-state index contributed by atoms with van der Waals surface area (Å²) in [5.74, 6) is -1.09. The number of hydrogen-bond donors (Lipinski definition) is 2. The lowest BCUT2D eigenvalue weighted by Crippen LogP contribution is -2.00. The molecule has 0 unspecified atom stereocenters. The quantitative estimate of drug-likeness (QED) is 0.520. The summed E-state index contributed by atoms with van der Waals surface area (Å²) >= 11 is 0. The van der Waals surface area contributed by atoms with Crippen LogP contribution in [0, 0.1) is 0 Å². The van der Waals surface area contributed by atoms with E-state index in [1.807, 2.05) is 54.6 Å². The van der Waals surface area contributed by atoms with Crippen molar-refractivity contribution in [2.75, 3.05) is 12.8 Å². The highest BCUT2D eigenvalue weighted by Crippen LogP contribution is 2.34. The summed E-state index contributed by atoms with van der Waals surface area (Å²) in [5, 5.41) is 16.9. The van der Waals surface area contributed by atoms with Gasteiger partial charge in [-0.3, -0.25) is 0 Å². The van der Waals surface area contributed by atoms with Gasteiger partial charge in [0.25, 0.3) is 0 Å². The minimum absolute atomic E-state index is 0.0349. The van der Waals surface area contributed by atoms with Crippen molar-refractivity contribution in [3.05, 3.63) is 72.3 Å². The summed E-state index contributed by atoms with van der Waals surface area (Å²) < 4.78 is 0. The van der Waals surface area contributed by atoms with Gasteiger partial charge in [-0.1, -0.05) is 54.6 Å². The van der Waals surface area contributed by atoms with Crippen LogP contribution in [0.15, 0.2) is 77.0 Å². The van der Waals surface area contributed by atoms with Crippen molar-refractivity contribution in [3.63, 3.8) is 0 Å². The molecule has 0 heterocycles. The zero-order valence-corrected chi connectivity index (χ0v) is 13.7. The Hall–Kier alpha value is -3.47. The summed E-state index contributed by atoms with van der Waals surface area (Å²) in [6.07, 6.45) is 0. The van der Waals surface area contributed by atoms with Crippen molar-refractivity contribution < 1.29 is 9.90 Å². The SMILES string of the molecule is CN=Nc1c(N)cc(-c2ccc(-c3ccccc3)cc2)cc1C(=O)O. The first kappa shape index (κ1) is 16.4. The summed E-state index contributed by atoms with van der Waals surface area (Å²) in [4.78, 5) is 11.5. The molecule has 0 saturated carbocycles. The van der Waals surface area contributed by atoms with E-state index >= 15 is 0 Å². The lowest BCUT2D eigenvalue weighted by Gasteiger charge is -2.10. The number of nitrogen functional groups attached to an aromatic ring is 1. The van der Waals surface area contributed by atoms with Crippen molar-refractivity contribution in [3.8, 4) is 22.3 Å². The van der Waals surface area contributed by atoms with Crippen LogP contribution in [-0.2, 0) is 0 Å². The largest absolute Gasteiger partial charge is 0.478 e. The molecule has 3 N–H and O–H groups in total. The molecule has 5 heteroatoms. The number of nitrogens with zero attached hydrogens (tertiary/aromatic N) is 2. The molecule has 3 rings (SSSR count). The van der Waals surface area contributed by atoms with Gasteiger partial charge in [-0.2, -0.15) is 10.2 Å². The number of carbonyl (C=O) groups is 1. The summed E-state index contributed by atoms with van der Waals surface area (Å²) in [7, 11) is 1.47. The summed E-state index contributed by atoms with van der Waals surface area (Å²) in [6.45, 7) is 0. The van der Waals surface area contributed by atoms with Gasteiger partial charge in [0.15, 0.2) is 0 Å². The van der Waals surface area contributed by atoms with Gasteiger partial charge in [0.05, 0.1) is 11.3 Å². The molecule has 0 aliphatic carbocycles. The molecule has 0 saturated heterocycles. The predicted octanol–water partition coefficient (Wildman–Crippen LogP) is 5.01. The van der Waals surface area contributed by atoms with Crippen molar-refractivity contribution in [2.24, 2.45) is 10.2 Å². The Morgan fingerprint density at radius 2 is 1.44 bits per heavy atom. The third-order valence-corrected chi connectivity index (χ3v) is 3.90. The molecule has 3 aromatic carbocycles. The van der Waals surface area contributed by atoms with Crippen molar-refractivity contribution in [1.82, 2.24) is 0 Å². The van der Waals surface area contributed by atoms with Gasteiger partial charge in [-0.05, 0) is 34.4 Å². The minimum atomic E-state index is -1.09. The number of azo groups is 1. The van der Waals surface area contributed by atoms with E-state index in [4.69, 9.17) is 5.73 Å². The zero-order chi connectivity index (χ0) is 17.8. The van der Waals surface area contributed by atoms with Gasteiger partial charge in [0.2, 0.25) is 0 Å². The van der Waals surface area contributed by atoms with E-state index in [0.29, 0.717) is 0 Å². The number of anilines is 1. The standard InChI is InChI=1S/C20H17N3O2/c1-22-23-19-17(20(24)25)11-16(12-18(19)21)15-9-7-14(8-10-15)13-5-3-2-4-6-13/h2-12H,21H2,1H3,(H,24,25). The molecule has 124 valence electrons. The zero-order valence-electron chi connectivity index (χ0n) is 13.7. The van der Waals surface area contributed by atoms with Crippen LogP contribution >= 0.6 is 0 Å². The van der Waals surface area contributed by atoms with Crippen molar-refractivity contribution in [1.29, 1.82) is 0 Å². The molecule has 0 bridgehead atoms. The third kappa shape index (κ3) is 3.40. The second kappa shape index (κ2) is 6.97. The second-order valence-corrected chi connectivity index (χ2v) is 5.51. The smallest absolute Gasteiger partial charge is 0.338 e. The molecule has 0 spiro atoms. The van der Waals surface area contributed by atoms with Crippen LogP contribution in [0.5, 0.6) is 0 Å². The molecule has 0 atom stereocenters. The monoisotopic (exact) mass is 331 g/mol. The Kier molecular flexibility index (Phi) is 4.57. The first-order valence-corrected chi connectivity index (χ1v) is 7.72. The van der Waals surface area contributed by atoms with Crippen LogP contribution in [0.4, 0.5) is 11.4 Å². The predicted molar refractivity (Wildman–Crippen MR) is 99.1 cm³/mol. The van der Waals surface area contributed by atoms with E-state index in [9.17, 15) is 9.90 Å². The van der Waals surface area contributed by atoms with E-state index in [1.54, 1.807) is 12.1 Å². The van der Waals surface area contributed by atoms with Gasteiger partial charge in [0.1, 0.15) is 5.69 Å². The average Bonchev–Trinajstić information content (AvgIpc) is 2.64. The molecule has 0 radical (unpaired) electrons. The Morgan fingerprint density at radius 1 is 0.880 bits per heavy atom. The molecule has 25 heavy (non-hydrogen) atoms. The van der Waals surface area contributed by atoms with Crippen LogP contribution in [-0.4, -0.2) is 18.1 Å². The molecule has 5 nitrogen and oxygen atoms in total. The Labute approximate surface area is 145 Å². The van der Waals surface area contributed by atoms with Gasteiger partial charge < -0.3 is 10.8 Å². The highest BCUT2D eigenvalue weighted by atomic mass is 16.4. The number of carboxylic acid groups (broad SMARTS) is 1. The topological polar surface area (TPSA) is 88.0 Å². The van der Waals surface area contributed by atoms with Gasteiger partial charge >= 0.3 is 5.97 Å². The van der Waals surface area contributed by atoms with Crippen LogP contribution in [0.3, 0.4) is 0 Å². The molecule has 3 aromatic rings. The fourth-order valence-corrected chi connectivity index (χ4v) is 2.68. The second-order valence-electron chi connectivity index (χ2n) is 5.51. The molecule has 0 aliphatic heterocycles. The number of carboxylic acids is 1. The van der Waals surface area contributed by atoms with Crippen LogP contribution in [0.25, 0.3) is 22.3 Å². The maximum absolute atomic E-state index is 11.5. The Bertz CT molecular complexity index is 933. The number of benzene rings is 3. The van der Waals surface area contributed by atoms with Gasteiger partial charge in [0, 0.05) is 7.05 Å². The fourth-order valence-electron chi connectivity index (χ4n) is 2.68. The maximum Gasteiger partial charge on any atom is 0.338 e. The Balaban J connectivity index is 2.03. The van der Waals surface area contributed by atoms with Gasteiger partial charge in [-0.25, -0.2) is 4.79 Å². The molecular weight excluding hydrogens is 314 g/mol. The molecular formula is C20H17N3O2. The average molecular weight is 331 g/mol. The number of hydrogen-bond acceptors (Lipinski definition) is 4. The highest BCUT2D eigenvalue weighted by molar-refractivity contribution is 5.98. The van der Waals surface area contributed by atoms with E-state index < -0.39 is 5.97 Å². The van der Waals surface area contributed by atoms with Crippen LogP contribution in [0.1, 0.15) is 10.4 Å². The first-order chi connectivity index (χ1) is 12.1. The van der Waals surface area contributed by atoms with Crippen molar-refractivity contribution in [2.45, 2.75) is 0 Å². The summed E-state index contributed by atoms with van der Waals surface area (Å²) in [6, 6.07) is 21.2. The number of nitrogens with two attached hydrogens (primary N) is 1. The molecule has 0 fully saturated rings. The minimum Gasteiger partial charge on any atom is -0.478 e. The normalized spacial score (nSPS) is 10.9. The number of rotatable bonds is 4. The van der Waals surface area contributed by atoms with E-state index in [0.717, 1.165) is 22.3 Å². The molecule has 0 aromatic heterocycles. The van der Waals surface area contributed by atoms with Crippen LogP contribution in [0.2, 0.25) is 0 Å². The maximum atomic E-state index is 11.5. The highest BCUT2D eigenvalue weighted by Gasteiger charge is 2.15. The summed E-state index contributed by atoms with van der Waals surface area (Å²) in [5.41, 5.74) is 10.3. The lowest BCUT2D eigenvalue weighted by atomic mass is 9.98.